The van der Waals surface area contributed by atoms with E-state index >= 15 is 0 Å². The molecule has 0 aliphatic carbocycles. The van der Waals surface area contributed by atoms with Gasteiger partial charge in [-0.05, 0) is 42.0 Å². The highest BCUT2D eigenvalue weighted by Gasteiger charge is 2.31. The van der Waals surface area contributed by atoms with E-state index < -0.39 is 0 Å². The Balaban J connectivity index is 0.00000133. The molecule has 0 amide bonds. The molecule has 19 heavy (non-hydrogen) atoms. The second-order valence-electron chi connectivity index (χ2n) is 6.08. The lowest BCUT2D eigenvalue weighted by Crippen LogP contribution is -2.40. The molecule has 2 aliphatic rings. The molecule has 1 N–H and O–H groups in total. The van der Waals surface area contributed by atoms with Gasteiger partial charge < -0.3 is 5.32 Å². The van der Waals surface area contributed by atoms with Crippen LogP contribution in [0.25, 0.3) is 0 Å². The van der Waals surface area contributed by atoms with Gasteiger partial charge in [0.05, 0.1) is 0 Å². The van der Waals surface area contributed by atoms with Gasteiger partial charge in [-0.3, -0.25) is 4.90 Å². The van der Waals surface area contributed by atoms with Gasteiger partial charge in [-0.2, -0.15) is 0 Å². The molecule has 0 saturated carbocycles. The minimum absolute atomic E-state index is 0. The summed E-state index contributed by atoms with van der Waals surface area (Å²) in [6, 6.07) is 6.60. The van der Waals surface area contributed by atoms with Gasteiger partial charge >= 0.3 is 0 Å². The third-order valence-electron chi connectivity index (χ3n) is 4.36. The second-order valence-corrected chi connectivity index (χ2v) is 6.93. The number of benzene rings is 1. The lowest BCUT2D eigenvalue weighted by molar-refractivity contribution is 0.164. The molecule has 1 aromatic carbocycles. The van der Waals surface area contributed by atoms with Gasteiger partial charge in [0.15, 0.2) is 0 Å². The summed E-state index contributed by atoms with van der Waals surface area (Å²) >= 11 is 3.70. The van der Waals surface area contributed by atoms with Gasteiger partial charge in [-0.15, -0.1) is 12.4 Å². The molecule has 2 nitrogen and oxygen atoms in total. The number of nitrogens with zero attached hydrogens (tertiary/aromatic N) is 1. The van der Waals surface area contributed by atoms with Crippen LogP contribution < -0.4 is 5.32 Å². The quantitative estimate of drug-likeness (QED) is 0.885. The fourth-order valence-corrected chi connectivity index (χ4v) is 3.81. The van der Waals surface area contributed by atoms with Crippen LogP contribution in [0.5, 0.6) is 0 Å². The average molecular weight is 346 g/mol. The van der Waals surface area contributed by atoms with Gasteiger partial charge in [0, 0.05) is 30.7 Å². The van der Waals surface area contributed by atoms with E-state index in [2.05, 4.69) is 51.3 Å². The van der Waals surface area contributed by atoms with E-state index in [9.17, 15) is 0 Å². The van der Waals surface area contributed by atoms with Crippen LogP contribution in [-0.4, -0.2) is 31.1 Å². The Morgan fingerprint density at radius 3 is 3.00 bits per heavy atom. The Bertz CT molecular complexity index is 444. The maximum Gasteiger partial charge on any atom is 0.0248 e. The Kier molecular flexibility index (Phi) is 4.93. The van der Waals surface area contributed by atoms with Crippen molar-refractivity contribution in [2.75, 3.05) is 26.2 Å². The number of hydrogen-bond donors (Lipinski definition) is 1. The Morgan fingerprint density at radius 2 is 2.26 bits per heavy atom. The molecule has 1 atom stereocenters. The number of nitrogens with one attached hydrogen (secondary N) is 1. The molecule has 1 unspecified atom stereocenters. The maximum absolute atomic E-state index is 3.70. The normalized spacial score (nSPS) is 26.8. The summed E-state index contributed by atoms with van der Waals surface area (Å²) < 4.78 is 1.28. The highest BCUT2D eigenvalue weighted by Crippen LogP contribution is 2.31. The molecule has 1 fully saturated rings. The topological polar surface area (TPSA) is 15.3 Å². The molecule has 2 aliphatic heterocycles. The lowest BCUT2D eigenvalue weighted by atomic mass is 9.88. The van der Waals surface area contributed by atoms with Crippen molar-refractivity contribution in [1.29, 1.82) is 0 Å². The predicted octanol–water partition coefficient (Wildman–Crippen LogP) is 3.23. The first-order valence-corrected chi connectivity index (χ1v) is 7.65. The van der Waals surface area contributed by atoms with Crippen LogP contribution in [0.3, 0.4) is 0 Å². The molecule has 1 saturated heterocycles. The van der Waals surface area contributed by atoms with Gasteiger partial charge in [-0.25, -0.2) is 0 Å². The largest absolute Gasteiger partial charge is 0.316 e. The molecule has 0 bridgehead atoms. The third kappa shape index (κ3) is 3.33. The van der Waals surface area contributed by atoms with Crippen molar-refractivity contribution in [2.24, 2.45) is 5.41 Å². The summed E-state index contributed by atoms with van der Waals surface area (Å²) in [7, 11) is 0. The van der Waals surface area contributed by atoms with E-state index in [1.807, 2.05) is 0 Å². The van der Waals surface area contributed by atoms with Crippen LogP contribution in [0.1, 0.15) is 24.5 Å². The first-order valence-electron chi connectivity index (χ1n) is 6.86. The molecule has 0 radical (unpaired) electrons. The molecule has 1 aromatic rings. The number of halogens is 2. The molecular formula is C15H22BrClN2. The van der Waals surface area contributed by atoms with E-state index in [-0.39, 0.29) is 12.4 Å². The van der Waals surface area contributed by atoms with Crippen molar-refractivity contribution in [3.05, 3.63) is 33.8 Å². The number of fused-ring (bicyclic) bond motifs is 1. The highest BCUT2D eigenvalue weighted by molar-refractivity contribution is 9.10. The second kappa shape index (κ2) is 6.13. The summed E-state index contributed by atoms with van der Waals surface area (Å²) in [5.74, 6) is 0. The third-order valence-corrected chi connectivity index (χ3v) is 5.10. The average Bonchev–Trinajstić information content (AvgIpc) is 2.77. The zero-order chi connectivity index (χ0) is 12.6. The van der Waals surface area contributed by atoms with Crippen LogP contribution >= 0.6 is 28.3 Å². The smallest absolute Gasteiger partial charge is 0.0248 e. The Hall–Kier alpha value is -0.0900. The Labute approximate surface area is 130 Å². The highest BCUT2D eigenvalue weighted by atomic mass is 79.9. The zero-order valence-corrected chi connectivity index (χ0v) is 13.8. The lowest BCUT2D eigenvalue weighted by Gasteiger charge is -2.35. The minimum atomic E-state index is 0. The fourth-order valence-electron chi connectivity index (χ4n) is 3.27. The van der Waals surface area contributed by atoms with Crippen LogP contribution in [0.2, 0.25) is 0 Å². The van der Waals surface area contributed by atoms with Crippen molar-refractivity contribution in [1.82, 2.24) is 10.2 Å². The van der Waals surface area contributed by atoms with Crippen molar-refractivity contribution >= 4 is 28.3 Å². The molecule has 106 valence electrons. The van der Waals surface area contributed by atoms with Crippen LogP contribution in [0, 0.1) is 5.41 Å². The summed E-state index contributed by atoms with van der Waals surface area (Å²) in [6.45, 7) is 8.31. The van der Waals surface area contributed by atoms with Crippen molar-refractivity contribution < 1.29 is 0 Å². The van der Waals surface area contributed by atoms with E-state index in [0.29, 0.717) is 5.41 Å². The summed E-state index contributed by atoms with van der Waals surface area (Å²) in [5.41, 5.74) is 3.49. The van der Waals surface area contributed by atoms with Crippen molar-refractivity contribution in [3.8, 4) is 0 Å². The van der Waals surface area contributed by atoms with Crippen molar-refractivity contribution in [2.45, 2.75) is 26.3 Å². The fraction of sp³-hybridized carbons (Fsp3) is 0.600. The molecule has 0 aromatic heterocycles. The van der Waals surface area contributed by atoms with Crippen LogP contribution in [-0.2, 0) is 13.0 Å². The molecule has 0 spiro atoms. The van der Waals surface area contributed by atoms with E-state index in [4.69, 9.17) is 0 Å². The maximum atomic E-state index is 3.70. The monoisotopic (exact) mass is 344 g/mol. The van der Waals surface area contributed by atoms with E-state index in [1.165, 1.54) is 54.6 Å². The minimum Gasteiger partial charge on any atom is -0.316 e. The predicted molar refractivity (Wildman–Crippen MR) is 86.0 cm³/mol. The summed E-state index contributed by atoms with van der Waals surface area (Å²) in [6.07, 6.45) is 2.50. The van der Waals surface area contributed by atoms with Crippen LogP contribution in [0.4, 0.5) is 0 Å². The first-order chi connectivity index (χ1) is 8.66. The number of rotatable bonds is 2. The van der Waals surface area contributed by atoms with Gasteiger partial charge in [0.25, 0.3) is 0 Å². The van der Waals surface area contributed by atoms with Crippen molar-refractivity contribution in [3.63, 3.8) is 0 Å². The zero-order valence-electron chi connectivity index (χ0n) is 11.4. The van der Waals surface area contributed by atoms with Gasteiger partial charge in [0.2, 0.25) is 0 Å². The molecule has 4 heteroatoms. The van der Waals surface area contributed by atoms with Gasteiger partial charge in [-0.1, -0.05) is 35.0 Å². The summed E-state index contributed by atoms with van der Waals surface area (Å²) in [4.78, 5) is 2.63. The molecular weight excluding hydrogens is 324 g/mol. The van der Waals surface area contributed by atoms with E-state index in [1.54, 1.807) is 0 Å². The molecule has 2 heterocycles. The van der Waals surface area contributed by atoms with Gasteiger partial charge in [0.1, 0.15) is 0 Å². The Morgan fingerprint density at radius 1 is 1.42 bits per heavy atom. The molecule has 3 rings (SSSR count). The standard InChI is InChI=1S/C15H21BrN2.ClH/c1-15(6-7-17-10-15)11-18-8-5-12-3-2-4-14(16)13(12)9-18;/h2-4,17H,5-11H2,1H3;1H. The van der Waals surface area contributed by atoms with E-state index in [0.717, 1.165) is 6.54 Å². The first kappa shape index (κ1) is 15.3. The number of hydrogen-bond acceptors (Lipinski definition) is 2. The summed E-state index contributed by atoms with van der Waals surface area (Å²) in [5, 5.41) is 3.50. The van der Waals surface area contributed by atoms with Crippen LogP contribution in [0.15, 0.2) is 22.7 Å². The SMILES string of the molecule is CC1(CN2CCc3cccc(Br)c3C2)CCNC1.Cl.